The molecule has 0 aliphatic carbocycles. The number of nitrogens with zero attached hydrogens (tertiary/aromatic N) is 2. The van der Waals surface area contributed by atoms with E-state index in [2.05, 4.69) is 29.5 Å². The molecular weight excluding hydrogens is 515 g/mol. The van der Waals surface area contributed by atoms with Crippen LogP contribution >= 0.6 is 24.0 Å². The highest BCUT2D eigenvalue weighted by atomic mass is 127. The standard InChI is InChI=1S/C21H36N4O3S.HI/c1-4-22-21(23-12-16-28-15-11-18(2)3)24-17-19-7-9-20(10-8-19)29(26,27)25-13-5-6-14-25;/h7-10,18H,4-6,11-17H2,1-3H3,(H2,22,23,24);1H. The summed E-state index contributed by atoms with van der Waals surface area (Å²) in [5.41, 5.74) is 0.968. The number of ether oxygens (including phenoxy) is 1. The third kappa shape index (κ3) is 9.07. The van der Waals surface area contributed by atoms with Crippen molar-refractivity contribution in [2.45, 2.75) is 51.5 Å². The van der Waals surface area contributed by atoms with Gasteiger partial charge in [0.25, 0.3) is 0 Å². The Labute approximate surface area is 199 Å². The van der Waals surface area contributed by atoms with Crippen molar-refractivity contribution < 1.29 is 13.2 Å². The third-order valence-corrected chi connectivity index (χ3v) is 6.68. The van der Waals surface area contributed by atoms with E-state index in [-0.39, 0.29) is 24.0 Å². The zero-order valence-corrected chi connectivity index (χ0v) is 21.5. The summed E-state index contributed by atoms with van der Waals surface area (Å²) in [6, 6.07) is 7.04. The van der Waals surface area contributed by atoms with Crippen LogP contribution in [0.2, 0.25) is 0 Å². The van der Waals surface area contributed by atoms with E-state index in [1.165, 1.54) is 0 Å². The molecule has 9 heteroatoms. The highest BCUT2D eigenvalue weighted by molar-refractivity contribution is 14.0. The monoisotopic (exact) mass is 552 g/mol. The molecule has 0 atom stereocenters. The molecule has 30 heavy (non-hydrogen) atoms. The second-order valence-corrected chi connectivity index (χ2v) is 9.61. The number of rotatable bonds is 11. The number of guanidine groups is 1. The van der Waals surface area contributed by atoms with Crippen LogP contribution in [0.15, 0.2) is 34.2 Å². The molecule has 0 spiro atoms. The van der Waals surface area contributed by atoms with Crippen molar-refractivity contribution in [2.24, 2.45) is 10.9 Å². The predicted molar refractivity (Wildman–Crippen MR) is 133 cm³/mol. The summed E-state index contributed by atoms with van der Waals surface area (Å²) in [5, 5.41) is 6.48. The molecule has 1 aromatic carbocycles. The molecule has 0 saturated carbocycles. The lowest BCUT2D eigenvalue weighted by molar-refractivity contribution is 0.128. The number of hydrogen-bond donors (Lipinski definition) is 2. The van der Waals surface area contributed by atoms with Gasteiger partial charge < -0.3 is 15.4 Å². The fourth-order valence-electron chi connectivity index (χ4n) is 3.02. The molecular formula is C21H37IN4O3S. The Morgan fingerprint density at radius 2 is 1.80 bits per heavy atom. The van der Waals surface area contributed by atoms with Crippen LogP contribution in [0.4, 0.5) is 0 Å². The predicted octanol–water partition coefficient (Wildman–Crippen LogP) is 3.21. The largest absolute Gasteiger partial charge is 0.380 e. The first kappa shape index (κ1) is 27.1. The minimum absolute atomic E-state index is 0. The smallest absolute Gasteiger partial charge is 0.243 e. The average Bonchev–Trinajstić information content (AvgIpc) is 3.24. The van der Waals surface area contributed by atoms with Crippen LogP contribution in [0, 0.1) is 5.92 Å². The van der Waals surface area contributed by atoms with E-state index in [9.17, 15) is 8.42 Å². The van der Waals surface area contributed by atoms with Gasteiger partial charge in [0.2, 0.25) is 10.0 Å². The van der Waals surface area contributed by atoms with Crippen LogP contribution in [0.5, 0.6) is 0 Å². The molecule has 0 amide bonds. The Morgan fingerprint density at radius 3 is 2.40 bits per heavy atom. The summed E-state index contributed by atoms with van der Waals surface area (Å²) in [4.78, 5) is 4.94. The molecule has 1 aromatic rings. The van der Waals surface area contributed by atoms with Gasteiger partial charge in [-0.3, -0.25) is 0 Å². The van der Waals surface area contributed by atoms with Crippen LogP contribution in [0.3, 0.4) is 0 Å². The van der Waals surface area contributed by atoms with Gasteiger partial charge >= 0.3 is 0 Å². The summed E-state index contributed by atoms with van der Waals surface area (Å²) >= 11 is 0. The fraction of sp³-hybridized carbons (Fsp3) is 0.667. The van der Waals surface area contributed by atoms with Crippen molar-refractivity contribution in [3.63, 3.8) is 0 Å². The molecule has 172 valence electrons. The SMILES string of the molecule is CCNC(=NCc1ccc(S(=O)(=O)N2CCCC2)cc1)NCCOCCC(C)C.I. The van der Waals surface area contributed by atoms with Gasteiger partial charge in [-0.05, 0) is 49.8 Å². The lowest BCUT2D eigenvalue weighted by Crippen LogP contribution is -2.39. The molecule has 1 aliphatic rings. The van der Waals surface area contributed by atoms with E-state index in [1.54, 1.807) is 16.4 Å². The number of halogens is 1. The summed E-state index contributed by atoms with van der Waals surface area (Å²) < 4.78 is 32.4. The molecule has 0 radical (unpaired) electrons. The van der Waals surface area contributed by atoms with E-state index in [0.29, 0.717) is 43.6 Å². The number of hydrogen-bond acceptors (Lipinski definition) is 4. The second kappa shape index (κ2) is 14.2. The van der Waals surface area contributed by atoms with E-state index in [1.807, 2.05) is 19.1 Å². The van der Waals surface area contributed by atoms with Crippen molar-refractivity contribution >= 4 is 40.0 Å². The molecule has 1 aliphatic heterocycles. The minimum atomic E-state index is -3.36. The topological polar surface area (TPSA) is 83.0 Å². The van der Waals surface area contributed by atoms with Gasteiger partial charge in [-0.1, -0.05) is 26.0 Å². The van der Waals surface area contributed by atoms with Gasteiger partial charge in [0.15, 0.2) is 5.96 Å². The molecule has 2 N–H and O–H groups in total. The number of aliphatic imine (C=N–C) groups is 1. The minimum Gasteiger partial charge on any atom is -0.380 e. The average molecular weight is 553 g/mol. The maximum Gasteiger partial charge on any atom is 0.243 e. The third-order valence-electron chi connectivity index (χ3n) is 4.77. The first-order valence-corrected chi connectivity index (χ1v) is 12.1. The molecule has 0 unspecified atom stereocenters. The molecule has 1 heterocycles. The van der Waals surface area contributed by atoms with E-state index in [4.69, 9.17) is 4.74 Å². The molecule has 2 rings (SSSR count). The Kier molecular flexibility index (Phi) is 12.8. The van der Waals surface area contributed by atoms with Gasteiger partial charge in [0.05, 0.1) is 18.0 Å². The van der Waals surface area contributed by atoms with Crippen molar-refractivity contribution in [3.8, 4) is 0 Å². The highest BCUT2D eigenvalue weighted by Gasteiger charge is 2.26. The number of sulfonamides is 1. The molecule has 0 aromatic heterocycles. The molecule has 7 nitrogen and oxygen atoms in total. The molecule has 1 fully saturated rings. The van der Waals surface area contributed by atoms with Crippen LogP contribution in [-0.2, 0) is 21.3 Å². The van der Waals surface area contributed by atoms with E-state index < -0.39 is 10.0 Å². The van der Waals surface area contributed by atoms with Crippen molar-refractivity contribution in [1.29, 1.82) is 0 Å². The van der Waals surface area contributed by atoms with Crippen molar-refractivity contribution in [2.75, 3.05) is 39.4 Å². The number of nitrogens with one attached hydrogen (secondary N) is 2. The Balaban J connectivity index is 0.00000450. The van der Waals surface area contributed by atoms with Crippen LogP contribution < -0.4 is 10.6 Å². The van der Waals surface area contributed by atoms with Crippen LogP contribution in [0.25, 0.3) is 0 Å². The van der Waals surface area contributed by atoms with Crippen molar-refractivity contribution in [3.05, 3.63) is 29.8 Å². The zero-order valence-electron chi connectivity index (χ0n) is 18.4. The lowest BCUT2D eigenvalue weighted by atomic mass is 10.1. The maximum atomic E-state index is 12.6. The summed E-state index contributed by atoms with van der Waals surface area (Å²) in [7, 11) is -3.36. The van der Waals surface area contributed by atoms with E-state index >= 15 is 0 Å². The number of benzene rings is 1. The Bertz CT molecular complexity index is 733. The maximum absolute atomic E-state index is 12.6. The first-order chi connectivity index (χ1) is 13.9. The van der Waals surface area contributed by atoms with Crippen molar-refractivity contribution in [1.82, 2.24) is 14.9 Å². The highest BCUT2D eigenvalue weighted by Crippen LogP contribution is 2.21. The van der Waals surface area contributed by atoms with Gasteiger partial charge in [0.1, 0.15) is 0 Å². The van der Waals surface area contributed by atoms with Gasteiger partial charge in [0, 0.05) is 32.8 Å². The summed E-state index contributed by atoms with van der Waals surface area (Å²) in [6.07, 6.45) is 2.95. The first-order valence-electron chi connectivity index (χ1n) is 10.6. The molecule has 0 bridgehead atoms. The van der Waals surface area contributed by atoms with Crippen LogP contribution in [0.1, 0.15) is 45.6 Å². The zero-order chi connectivity index (χ0) is 21.1. The lowest BCUT2D eigenvalue weighted by Gasteiger charge is -2.15. The fourth-order valence-corrected chi connectivity index (χ4v) is 4.54. The Morgan fingerprint density at radius 1 is 1.13 bits per heavy atom. The van der Waals surface area contributed by atoms with Gasteiger partial charge in [-0.25, -0.2) is 13.4 Å². The van der Waals surface area contributed by atoms with Gasteiger partial charge in [-0.2, -0.15) is 4.31 Å². The summed E-state index contributed by atoms with van der Waals surface area (Å²) in [5.74, 6) is 1.38. The Hall–Kier alpha value is -0.910. The summed E-state index contributed by atoms with van der Waals surface area (Å²) in [6.45, 7) is 11.0. The van der Waals surface area contributed by atoms with Gasteiger partial charge in [-0.15, -0.1) is 24.0 Å². The van der Waals surface area contributed by atoms with Crippen LogP contribution in [-0.4, -0.2) is 58.1 Å². The van der Waals surface area contributed by atoms with E-state index in [0.717, 1.165) is 43.9 Å². The normalized spacial score (nSPS) is 15.3. The quantitative estimate of drug-likeness (QED) is 0.191. The molecule has 1 saturated heterocycles. The second-order valence-electron chi connectivity index (χ2n) is 7.67.